The number of nitrogens with one attached hydrogen (secondary N) is 1. The summed E-state index contributed by atoms with van der Waals surface area (Å²) in [5, 5.41) is 5.90. The third kappa shape index (κ3) is 3.21. The highest BCUT2D eigenvalue weighted by atomic mass is 32.1. The first-order valence-corrected chi connectivity index (χ1v) is 8.70. The number of thiophene rings is 1. The lowest BCUT2D eigenvalue weighted by molar-refractivity contribution is 0.0939. The zero-order valence-electron chi connectivity index (χ0n) is 13.2. The van der Waals surface area contributed by atoms with Gasteiger partial charge in [0.1, 0.15) is 22.1 Å². The van der Waals surface area contributed by atoms with Crippen LogP contribution in [-0.4, -0.2) is 10.5 Å². The molecule has 0 atom stereocenters. The number of carbonyl (C=O) groups excluding carboxylic acids is 1. The predicted octanol–water partition coefficient (Wildman–Crippen LogP) is 4.41. The molecule has 6 heteroatoms. The first kappa shape index (κ1) is 15.7. The van der Waals surface area contributed by atoms with Crippen molar-refractivity contribution >= 4 is 27.5 Å². The summed E-state index contributed by atoms with van der Waals surface area (Å²) < 4.78 is 20.3. The number of furan rings is 1. The minimum Gasteiger partial charge on any atom is -0.467 e. The number of nitrogens with zero attached hydrogens (tertiary/aromatic N) is 1. The van der Waals surface area contributed by atoms with Crippen molar-refractivity contribution in [2.45, 2.75) is 13.1 Å². The summed E-state index contributed by atoms with van der Waals surface area (Å²) >= 11 is 1.58. The summed E-state index contributed by atoms with van der Waals surface area (Å²) in [5.74, 6) is 0.266. The second kappa shape index (κ2) is 6.57. The molecule has 0 saturated carbocycles. The van der Waals surface area contributed by atoms with Gasteiger partial charge in [0.2, 0.25) is 0 Å². The van der Waals surface area contributed by atoms with E-state index in [9.17, 15) is 9.18 Å². The molecular formula is C19H15FN2O2S. The third-order valence-electron chi connectivity index (χ3n) is 3.99. The Hall–Kier alpha value is -2.86. The predicted molar refractivity (Wildman–Crippen MR) is 95.2 cm³/mol. The fourth-order valence-electron chi connectivity index (χ4n) is 2.76. The molecule has 0 radical (unpaired) electrons. The maximum absolute atomic E-state index is 13.1. The third-order valence-corrected chi connectivity index (χ3v) is 4.94. The van der Waals surface area contributed by atoms with Crippen LogP contribution in [0.4, 0.5) is 4.39 Å². The van der Waals surface area contributed by atoms with Crippen molar-refractivity contribution in [3.05, 3.63) is 83.0 Å². The van der Waals surface area contributed by atoms with Crippen LogP contribution in [-0.2, 0) is 13.1 Å². The molecule has 1 aromatic carbocycles. The lowest BCUT2D eigenvalue weighted by Gasteiger charge is -2.10. The summed E-state index contributed by atoms with van der Waals surface area (Å²) in [5.41, 5.74) is 1.52. The number of amides is 1. The van der Waals surface area contributed by atoms with Gasteiger partial charge in [0, 0.05) is 11.9 Å². The van der Waals surface area contributed by atoms with Crippen molar-refractivity contribution in [1.29, 1.82) is 0 Å². The van der Waals surface area contributed by atoms with Gasteiger partial charge in [-0.2, -0.15) is 0 Å². The van der Waals surface area contributed by atoms with Crippen molar-refractivity contribution < 1.29 is 13.6 Å². The van der Waals surface area contributed by atoms with Crippen molar-refractivity contribution in [3.63, 3.8) is 0 Å². The highest BCUT2D eigenvalue weighted by Gasteiger charge is 2.17. The van der Waals surface area contributed by atoms with E-state index in [1.807, 2.05) is 28.1 Å². The van der Waals surface area contributed by atoms with Crippen LogP contribution < -0.4 is 5.32 Å². The monoisotopic (exact) mass is 354 g/mol. The Morgan fingerprint density at radius 1 is 1.20 bits per heavy atom. The Kier molecular flexibility index (Phi) is 4.11. The number of aromatic nitrogens is 1. The number of fused-ring (bicyclic) bond motifs is 1. The lowest BCUT2D eigenvalue weighted by Crippen LogP contribution is -2.25. The average Bonchev–Trinajstić information content (AvgIpc) is 3.33. The Balaban J connectivity index is 1.62. The SMILES string of the molecule is O=C(NCc1ccco1)c1cc2ccsc2n1Cc1ccc(F)cc1. The largest absolute Gasteiger partial charge is 0.467 e. The van der Waals surface area contributed by atoms with Crippen LogP contribution in [0.5, 0.6) is 0 Å². The first-order valence-electron chi connectivity index (χ1n) is 7.82. The second-order valence-electron chi connectivity index (χ2n) is 5.69. The molecule has 1 amide bonds. The summed E-state index contributed by atoms with van der Waals surface area (Å²) in [4.78, 5) is 13.7. The topological polar surface area (TPSA) is 47.2 Å². The van der Waals surface area contributed by atoms with E-state index in [2.05, 4.69) is 5.32 Å². The van der Waals surface area contributed by atoms with Gasteiger partial charge in [0.15, 0.2) is 0 Å². The van der Waals surface area contributed by atoms with Crippen LogP contribution in [0.2, 0.25) is 0 Å². The molecular weight excluding hydrogens is 339 g/mol. The molecule has 0 aliphatic rings. The molecule has 0 saturated heterocycles. The van der Waals surface area contributed by atoms with Crippen molar-refractivity contribution in [1.82, 2.24) is 9.88 Å². The second-order valence-corrected chi connectivity index (χ2v) is 6.58. The number of hydrogen-bond acceptors (Lipinski definition) is 3. The molecule has 3 heterocycles. The molecule has 0 bridgehead atoms. The highest BCUT2D eigenvalue weighted by molar-refractivity contribution is 7.16. The minimum absolute atomic E-state index is 0.165. The van der Waals surface area contributed by atoms with E-state index in [-0.39, 0.29) is 11.7 Å². The number of benzene rings is 1. The van der Waals surface area contributed by atoms with E-state index in [1.165, 1.54) is 12.1 Å². The minimum atomic E-state index is -0.269. The maximum atomic E-state index is 13.1. The maximum Gasteiger partial charge on any atom is 0.268 e. The van der Waals surface area contributed by atoms with Crippen LogP contribution in [0.1, 0.15) is 21.8 Å². The van der Waals surface area contributed by atoms with Crippen molar-refractivity contribution in [2.75, 3.05) is 0 Å². The number of halogens is 1. The van der Waals surface area contributed by atoms with Gasteiger partial charge in [-0.05, 0) is 47.3 Å². The zero-order chi connectivity index (χ0) is 17.2. The summed E-state index contributed by atoms with van der Waals surface area (Å²) in [6.45, 7) is 0.842. The Bertz CT molecular complexity index is 1000. The van der Waals surface area contributed by atoms with Crippen molar-refractivity contribution in [3.8, 4) is 0 Å². The Morgan fingerprint density at radius 3 is 2.80 bits per heavy atom. The molecule has 0 unspecified atom stereocenters. The van der Waals surface area contributed by atoms with Gasteiger partial charge in [-0.25, -0.2) is 4.39 Å². The molecule has 25 heavy (non-hydrogen) atoms. The average molecular weight is 354 g/mol. The molecule has 126 valence electrons. The van der Waals surface area contributed by atoms with Gasteiger partial charge in [0.25, 0.3) is 5.91 Å². The molecule has 0 aliphatic carbocycles. The van der Waals surface area contributed by atoms with E-state index in [0.717, 1.165) is 15.8 Å². The van der Waals surface area contributed by atoms with Crippen LogP contribution in [0.25, 0.3) is 10.2 Å². The molecule has 0 fully saturated rings. The van der Waals surface area contributed by atoms with E-state index in [1.54, 1.807) is 35.8 Å². The van der Waals surface area contributed by atoms with Gasteiger partial charge in [-0.3, -0.25) is 4.79 Å². The van der Waals surface area contributed by atoms with Gasteiger partial charge in [0.05, 0.1) is 12.8 Å². The van der Waals surface area contributed by atoms with E-state index < -0.39 is 0 Å². The van der Waals surface area contributed by atoms with E-state index in [0.29, 0.717) is 24.5 Å². The van der Waals surface area contributed by atoms with Gasteiger partial charge < -0.3 is 14.3 Å². The van der Waals surface area contributed by atoms with Gasteiger partial charge in [-0.15, -0.1) is 11.3 Å². The standard InChI is InChI=1S/C19H15FN2O2S/c20-15-5-3-13(4-6-15)12-22-17(10-14-7-9-25-19(14)22)18(23)21-11-16-2-1-8-24-16/h1-10H,11-12H2,(H,21,23). The van der Waals surface area contributed by atoms with Gasteiger partial charge in [-0.1, -0.05) is 12.1 Å². The molecule has 4 aromatic rings. The number of carbonyl (C=O) groups is 1. The van der Waals surface area contributed by atoms with Crippen molar-refractivity contribution in [2.24, 2.45) is 0 Å². The smallest absolute Gasteiger partial charge is 0.268 e. The molecule has 0 spiro atoms. The molecule has 0 aliphatic heterocycles. The molecule has 1 N–H and O–H groups in total. The molecule has 4 rings (SSSR count). The quantitative estimate of drug-likeness (QED) is 0.577. The van der Waals surface area contributed by atoms with Crippen LogP contribution in [0.15, 0.2) is 64.6 Å². The van der Waals surface area contributed by atoms with Crippen LogP contribution in [0.3, 0.4) is 0 Å². The first-order chi connectivity index (χ1) is 12.2. The lowest BCUT2D eigenvalue weighted by atomic mass is 10.2. The zero-order valence-corrected chi connectivity index (χ0v) is 14.1. The summed E-state index contributed by atoms with van der Waals surface area (Å²) in [7, 11) is 0. The normalized spacial score (nSPS) is 11.1. The highest BCUT2D eigenvalue weighted by Crippen LogP contribution is 2.26. The number of rotatable bonds is 5. The van der Waals surface area contributed by atoms with Crippen LogP contribution >= 0.6 is 11.3 Å². The fourth-order valence-corrected chi connectivity index (χ4v) is 3.66. The number of hydrogen-bond donors (Lipinski definition) is 1. The van der Waals surface area contributed by atoms with E-state index in [4.69, 9.17) is 4.42 Å². The van der Waals surface area contributed by atoms with Gasteiger partial charge >= 0.3 is 0 Å². The summed E-state index contributed by atoms with van der Waals surface area (Å²) in [6.07, 6.45) is 1.58. The molecule has 4 nitrogen and oxygen atoms in total. The summed E-state index contributed by atoms with van der Waals surface area (Å²) in [6, 6.07) is 13.8. The Labute approximate surface area is 147 Å². The fraction of sp³-hybridized carbons (Fsp3) is 0.105. The Morgan fingerprint density at radius 2 is 2.04 bits per heavy atom. The van der Waals surface area contributed by atoms with Crippen LogP contribution in [0, 0.1) is 5.82 Å². The van der Waals surface area contributed by atoms with E-state index >= 15 is 0 Å². The molecule has 3 aromatic heterocycles.